The van der Waals surface area contributed by atoms with E-state index in [1.54, 1.807) is 23.5 Å². The van der Waals surface area contributed by atoms with E-state index in [9.17, 15) is 9.18 Å². The molecule has 0 N–H and O–H groups in total. The Bertz CT molecular complexity index is 964. The summed E-state index contributed by atoms with van der Waals surface area (Å²) in [7, 11) is 0. The largest absolute Gasteiger partial charge is 0.338 e. The van der Waals surface area contributed by atoms with Crippen LogP contribution in [0.5, 0.6) is 0 Å². The molecule has 26 heavy (non-hydrogen) atoms. The number of benzene rings is 1. The van der Waals surface area contributed by atoms with Crippen molar-refractivity contribution in [1.29, 1.82) is 0 Å². The lowest BCUT2D eigenvalue weighted by Crippen LogP contribution is -2.33. The quantitative estimate of drug-likeness (QED) is 0.688. The first-order chi connectivity index (χ1) is 12.7. The SMILES string of the molecule is O=C(c1ccc(F)cc1)N1CCC2(CCn3c(-c4cccs4)cnc32)C1. The molecule has 0 aliphatic carbocycles. The Balaban J connectivity index is 1.42. The molecule has 1 amide bonds. The van der Waals surface area contributed by atoms with Gasteiger partial charge in [-0.3, -0.25) is 4.79 Å². The summed E-state index contributed by atoms with van der Waals surface area (Å²) in [5.41, 5.74) is 1.67. The monoisotopic (exact) mass is 367 g/mol. The number of carbonyl (C=O) groups excluding carboxylic acids is 1. The number of fused-ring (bicyclic) bond motifs is 2. The van der Waals surface area contributed by atoms with Gasteiger partial charge in [-0.25, -0.2) is 9.37 Å². The molecule has 0 saturated carbocycles. The van der Waals surface area contributed by atoms with Crippen LogP contribution in [0.1, 0.15) is 29.0 Å². The van der Waals surface area contributed by atoms with Crippen molar-refractivity contribution in [1.82, 2.24) is 14.5 Å². The molecule has 0 bridgehead atoms. The molecule has 1 atom stereocenters. The van der Waals surface area contributed by atoms with E-state index in [0.717, 1.165) is 31.8 Å². The van der Waals surface area contributed by atoms with Crippen molar-refractivity contribution in [3.8, 4) is 10.6 Å². The van der Waals surface area contributed by atoms with Gasteiger partial charge in [0.1, 0.15) is 11.6 Å². The van der Waals surface area contributed by atoms with E-state index in [-0.39, 0.29) is 17.1 Å². The fourth-order valence-corrected chi connectivity index (χ4v) is 5.04. The van der Waals surface area contributed by atoms with E-state index in [1.165, 1.54) is 22.7 Å². The molecule has 0 radical (unpaired) electrons. The van der Waals surface area contributed by atoms with Crippen LogP contribution in [0.15, 0.2) is 48.0 Å². The number of carbonyl (C=O) groups is 1. The molecule has 5 rings (SSSR count). The number of imidazole rings is 1. The highest BCUT2D eigenvalue weighted by Gasteiger charge is 2.48. The second-order valence-electron chi connectivity index (χ2n) is 7.11. The second-order valence-corrected chi connectivity index (χ2v) is 8.06. The van der Waals surface area contributed by atoms with Gasteiger partial charge in [-0.1, -0.05) is 6.07 Å². The third-order valence-electron chi connectivity index (χ3n) is 5.65. The molecule has 2 aromatic heterocycles. The summed E-state index contributed by atoms with van der Waals surface area (Å²) < 4.78 is 15.4. The Morgan fingerprint density at radius 2 is 1.96 bits per heavy atom. The van der Waals surface area contributed by atoms with Crippen molar-refractivity contribution in [2.24, 2.45) is 0 Å². The van der Waals surface area contributed by atoms with Crippen LogP contribution in [0.4, 0.5) is 4.39 Å². The number of hydrogen-bond acceptors (Lipinski definition) is 3. The zero-order valence-electron chi connectivity index (χ0n) is 14.2. The van der Waals surface area contributed by atoms with Gasteiger partial charge < -0.3 is 9.47 Å². The zero-order chi connectivity index (χ0) is 17.7. The molecule has 1 saturated heterocycles. The molecular weight excluding hydrogens is 349 g/mol. The Labute approximate surface area is 154 Å². The van der Waals surface area contributed by atoms with E-state index >= 15 is 0 Å². The fourth-order valence-electron chi connectivity index (χ4n) is 4.29. The molecule has 1 aromatic carbocycles. The smallest absolute Gasteiger partial charge is 0.253 e. The van der Waals surface area contributed by atoms with Gasteiger partial charge >= 0.3 is 0 Å². The van der Waals surface area contributed by atoms with E-state index < -0.39 is 0 Å². The Hall–Kier alpha value is -2.47. The molecule has 132 valence electrons. The van der Waals surface area contributed by atoms with Crippen LogP contribution in [0, 0.1) is 5.82 Å². The highest BCUT2D eigenvalue weighted by Crippen LogP contribution is 2.44. The van der Waals surface area contributed by atoms with Crippen molar-refractivity contribution in [3.63, 3.8) is 0 Å². The van der Waals surface area contributed by atoms with E-state index in [0.29, 0.717) is 12.1 Å². The van der Waals surface area contributed by atoms with Crippen LogP contribution in [0.2, 0.25) is 0 Å². The van der Waals surface area contributed by atoms with Gasteiger partial charge in [-0.05, 0) is 48.6 Å². The third-order valence-corrected chi connectivity index (χ3v) is 6.54. The molecule has 2 aliphatic rings. The summed E-state index contributed by atoms with van der Waals surface area (Å²) in [5.74, 6) is 0.763. The second kappa shape index (κ2) is 5.77. The zero-order valence-corrected chi connectivity index (χ0v) is 15.0. The van der Waals surface area contributed by atoms with Crippen molar-refractivity contribution in [2.45, 2.75) is 24.8 Å². The molecule has 4 heterocycles. The topological polar surface area (TPSA) is 38.1 Å². The minimum atomic E-state index is -0.321. The minimum absolute atomic E-state index is 0.0228. The Morgan fingerprint density at radius 3 is 2.73 bits per heavy atom. The van der Waals surface area contributed by atoms with Gasteiger partial charge in [0.25, 0.3) is 5.91 Å². The summed E-state index contributed by atoms with van der Waals surface area (Å²) >= 11 is 1.73. The number of likely N-dealkylation sites (tertiary alicyclic amines) is 1. The average molecular weight is 367 g/mol. The number of thiophene rings is 1. The molecule has 2 aliphatic heterocycles. The van der Waals surface area contributed by atoms with Gasteiger partial charge in [0.05, 0.1) is 16.8 Å². The first-order valence-corrected chi connectivity index (χ1v) is 9.69. The molecule has 3 aromatic rings. The number of halogens is 1. The van der Waals surface area contributed by atoms with Crippen molar-refractivity contribution < 1.29 is 9.18 Å². The highest BCUT2D eigenvalue weighted by molar-refractivity contribution is 7.13. The van der Waals surface area contributed by atoms with Crippen LogP contribution in [-0.2, 0) is 12.0 Å². The third kappa shape index (κ3) is 2.32. The molecule has 1 fully saturated rings. The first kappa shape index (κ1) is 15.8. The molecule has 1 spiro atoms. The molecule has 6 heteroatoms. The van der Waals surface area contributed by atoms with Crippen LogP contribution in [0.3, 0.4) is 0 Å². The van der Waals surface area contributed by atoms with Crippen LogP contribution >= 0.6 is 11.3 Å². The number of aromatic nitrogens is 2. The maximum absolute atomic E-state index is 13.1. The van der Waals surface area contributed by atoms with Crippen LogP contribution in [0.25, 0.3) is 10.6 Å². The van der Waals surface area contributed by atoms with E-state index in [1.807, 2.05) is 11.1 Å². The summed E-state index contributed by atoms with van der Waals surface area (Å²) in [6.07, 6.45) is 3.91. The lowest BCUT2D eigenvalue weighted by molar-refractivity contribution is 0.0783. The van der Waals surface area contributed by atoms with Crippen LogP contribution in [-0.4, -0.2) is 33.4 Å². The highest BCUT2D eigenvalue weighted by atomic mass is 32.1. The fraction of sp³-hybridized carbons (Fsp3) is 0.300. The van der Waals surface area contributed by atoms with E-state index in [2.05, 4.69) is 22.1 Å². The van der Waals surface area contributed by atoms with Crippen molar-refractivity contribution in [2.75, 3.05) is 13.1 Å². The number of hydrogen-bond donors (Lipinski definition) is 0. The predicted molar refractivity (Wildman–Crippen MR) is 98.8 cm³/mol. The van der Waals surface area contributed by atoms with Gasteiger partial charge in [0.15, 0.2) is 0 Å². The number of nitrogens with zero attached hydrogens (tertiary/aromatic N) is 3. The summed E-state index contributed by atoms with van der Waals surface area (Å²) in [6.45, 7) is 2.35. The lowest BCUT2D eigenvalue weighted by atomic mass is 9.85. The van der Waals surface area contributed by atoms with E-state index in [4.69, 9.17) is 4.98 Å². The van der Waals surface area contributed by atoms with Crippen molar-refractivity contribution >= 4 is 17.2 Å². The number of amides is 1. The standard InChI is InChI=1S/C20H18FN3OS/c21-15-5-3-14(4-6-15)18(25)23-9-7-20(13-23)8-10-24-16(12-22-19(20)24)17-2-1-11-26-17/h1-6,11-12H,7-10,13H2. The summed E-state index contributed by atoms with van der Waals surface area (Å²) in [5, 5.41) is 2.08. The Kier molecular flexibility index (Phi) is 3.50. The van der Waals surface area contributed by atoms with Gasteiger partial charge in [0, 0.05) is 30.6 Å². The van der Waals surface area contributed by atoms with Crippen molar-refractivity contribution in [3.05, 3.63) is 65.2 Å². The summed E-state index contributed by atoms with van der Waals surface area (Å²) in [4.78, 5) is 20.7. The average Bonchev–Trinajstić information content (AvgIpc) is 3.42. The predicted octanol–water partition coefficient (Wildman–Crippen LogP) is 3.94. The lowest BCUT2D eigenvalue weighted by Gasteiger charge is -2.22. The summed E-state index contributed by atoms with van der Waals surface area (Å²) in [6, 6.07) is 9.99. The van der Waals surface area contributed by atoms with Gasteiger partial charge in [-0.2, -0.15) is 0 Å². The van der Waals surface area contributed by atoms with Gasteiger partial charge in [-0.15, -0.1) is 11.3 Å². The van der Waals surface area contributed by atoms with Crippen LogP contribution < -0.4 is 0 Å². The maximum atomic E-state index is 13.1. The molecule has 1 unspecified atom stereocenters. The Morgan fingerprint density at radius 1 is 1.15 bits per heavy atom. The molecular formula is C20H18FN3OS. The molecule has 4 nitrogen and oxygen atoms in total. The maximum Gasteiger partial charge on any atom is 0.253 e. The van der Waals surface area contributed by atoms with Gasteiger partial charge in [0.2, 0.25) is 0 Å². The first-order valence-electron chi connectivity index (χ1n) is 8.81. The normalized spacial score (nSPS) is 21.5. The number of rotatable bonds is 2. The minimum Gasteiger partial charge on any atom is -0.338 e.